The molecule has 1 aliphatic carbocycles. The Hall–Kier alpha value is -0.980. The van der Waals surface area contributed by atoms with E-state index in [1.807, 2.05) is 10.3 Å². The SMILES string of the molecule is NCc1nc(C(=O)N2CCN(CC3CC3)CC2)cs1. The average Bonchev–Trinajstić information content (AvgIpc) is 3.12. The van der Waals surface area contributed by atoms with Crippen molar-refractivity contribution in [3.63, 3.8) is 0 Å². The number of piperazine rings is 1. The van der Waals surface area contributed by atoms with Gasteiger partial charge in [0, 0.05) is 44.6 Å². The Kier molecular flexibility index (Phi) is 3.81. The number of aromatic nitrogens is 1. The zero-order chi connectivity index (χ0) is 13.2. The van der Waals surface area contributed by atoms with Gasteiger partial charge in [0.1, 0.15) is 10.7 Å². The maximum atomic E-state index is 12.3. The van der Waals surface area contributed by atoms with Gasteiger partial charge >= 0.3 is 0 Å². The highest BCUT2D eigenvalue weighted by Gasteiger charge is 2.28. The van der Waals surface area contributed by atoms with Crippen LogP contribution in [0.2, 0.25) is 0 Å². The Morgan fingerprint density at radius 1 is 1.37 bits per heavy atom. The Labute approximate surface area is 117 Å². The summed E-state index contributed by atoms with van der Waals surface area (Å²) in [5.74, 6) is 0.981. The third-order valence-electron chi connectivity index (χ3n) is 3.82. The molecule has 6 heteroatoms. The molecule has 1 saturated heterocycles. The van der Waals surface area contributed by atoms with Crippen molar-refractivity contribution in [3.05, 3.63) is 16.1 Å². The maximum absolute atomic E-state index is 12.3. The molecular weight excluding hydrogens is 260 g/mol. The summed E-state index contributed by atoms with van der Waals surface area (Å²) in [6.07, 6.45) is 2.78. The smallest absolute Gasteiger partial charge is 0.273 e. The molecule has 1 saturated carbocycles. The second-order valence-electron chi connectivity index (χ2n) is 5.37. The van der Waals surface area contributed by atoms with Crippen molar-refractivity contribution in [2.75, 3.05) is 32.7 Å². The number of rotatable bonds is 4. The molecule has 1 aromatic heterocycles. The van der Waals surface area contributed by atoms with E-state index in [1.54, 1.807) is 0 Å². The summed E-state index contributed by atoms with van der Waals surface area (Å²) >= 11 is 1.47. The summed E-state index contributed by atoms with van der Waals surface area (Å²) in [4.78, 5) is 20.9. The maximum Gasteiger partial charge on any atom is 0.273 e. The summed E-state index contributed by atoms with van der Waals surface area (Å²) in [5, 5.41) is 2.65. The molecule has 5 nitrogen and oxygen atoms in total. The van der Waals surface area contributed by atoms with Crippen LogP contribution in [0.15, 0.2) is 5.38 Å². The van der Waals surface area contributed by atoms with Crippen LogP contribution in [0.4, 0.5) is 0 Å². The third kappa shape index (κ3) is 3.13. The second kappa shape index (κ2) is 5.56. The number of nitrogens with zero attached hydrogens (tertiary/aromatic N) is 3. The van der Waals surface area contributed by atoms with Crippen LogP contribution in [0.5, 0.6) is 0 Å². The molecule has 3 rings (SSSR count). The Morgan fingerprint density at radius 2 is 2.11 bits per heavy atom. The molecule has 2 N–H and O–H groups in total. The molecule has 2 fully saturated rings. The van der Waals surface area contributed by atoms with Crippen LogP contribution < -0.4 is 5.73 Å². The number of carbonyl (C=O) groups excluding carboxylic acids is 1. The van der Waals surface area contributed by atoms with Crippen LogP contribution in [-0.4, -0.2) is 53.4 Å². The highest BCUT2D eigenvalue weighted by Crippen LogP contribution is 2.30. The van der Waals surface area contributed by atoms with Crippen LogP contribution in [0, 0.1) is 5.92 Å². The number of amides is 1. The van der Waals surface area contributed by atoms with Crippen molar-refractivity contribution in [1.82, 2.24) is 14.8 Å². The fourth-order valence-corrected chi connectivity index (χ4v) is 3.11. The summed E-state index contributed by atoms with van der Waals surface area (Å²) in [6.45, 7) is 5.26. The lowest BCUT2D eigenvalue weighted by Gasteiger charge is -2.34. The summed E-state index contributed by atoms with van der Waals surface area (Å²) in [5.41, 5.74) is 6.09. The molecule has 2 aliphatic rings. The molecule has 0 bridgehead atoms. The number of thiazole rings is 1. The van der Waals surface area contributed by atoms with Gasteiger partial charge in [0.2, 0.25) is 0 Å². The molecular formula is C13H20N4OS. The van der Waals surface area contributed by atoms with Gasteiger partial charge in [-0.2, -0.15) is 0 Å². The standard InChI is InChI=1S/C13H20N4OS/c14-7-12-15-11(9-19-12)13(18)17-5-3-16(4-6-17)8-10-1-2-10/h9-10H,1-8,14H2. The molecule has 1 aromatic rings. The Bertz CT molecular complexity index is 449. The van der Waals surface area contributed by atoms with Crippen molar-refractivity contribution in [3.8, 4) is 0 Å². The van der Waals surface area contributed by atoms with Gasteiger partial charge in [0.05, 0.1) is 0 Å². The second-order valence-corrected chi connectivity index (χ2v) is 6.31. The molecule has 104 valence electrons. The van der Waals surface area contributed by atoms with Gasteiger partial charge in [-0.15, -0.1) is 11.3 Å². The van der Waals surface area contributed by atoms with Crippen LogP contribution >= 0.6 is 11.3 Å². The lowest BCUT2D eigenvalue weighted by Crippen LogP contribution is -2.49. The van der Waals surface area contributed by atoms with Gasteiger partial charge < -0.3 is 10.6 Å². The van der Waals surface area contributed by atoms with Crippen LogP contribution in [0.1, 0.15) is 28.3 Å². The van der Waals surface area contributed by atoms with Crippen molar-refractivity contribution in [1.29, 1.82) is 0 Å². The van der Waals surface area contributed by atoms with Crippen molar-refractivity contribution in [2.24, 2.45) is 11.7 Å². The molecule has 0 aromatic carbocycles. The molecule has 1 amide bonds. The van der Waals surface area contributed by atoms with Crippen molar-refractivity contribution in [2.45, 2.75) is 19.4 Å². The van der Waals surface area contributed by atoms with Crippen LogP contribution in [-0.2, 0) is 6.54 Å². The first kappa shape index (κ1) is 13.0. The zero-order valence-corrected chi connectivity index (χ0v) is 11.9. The van der Waals surface area contributed by atoms with Crippen LogP contribution in [0.3, 0.4) is 0 Å². The minimum atomic E-state index is 0.0574. The quantitative estimate of drug-likeness (QED) is 0.885. The lowest BCUT2D eigenvalue weighted by molar-refractivity contribution is 0.0627. The predicted octanol–water partition coefficient (Wildman–Crippen LogP) is 0.770. The van der Waals surface area contributed by atoms with Crippen molar-refractivity contribution >= 4 is 17.2 Å². The fraction of sp³-hybridized carbons (Fsp3) is 0.692. The third-order valence-corrected chi connectivity index (χ3v) is 4.69. The lowest BCUT2D eigenvalue weighted by atomic mass is 10.2. The van der Waals surface area contributed by atoms with E-state index in [4.69, 9.17) is 5.73 Å². The Balaban J connectivity index is 1.53. The summed E-state index contributed by atoms with van der Waals surface area (Å²) in [6, 6.07) is 0. The normalized spacial score (nSPS) is 20.8. The fourth-order valence-electron chi connectivity index (χ4n) is 2.46. The molecule has 0 spiro atoms. The average molecular weight is 280 g/mol. The van der Waals surface area contributed by atoms with E-state index in [0.717, 1.165) is 37.1 Å². The zero-order valence-electron chi connectivity index (χ0n) is 11.0. The molecule has 0 unspecified atom stereocenters. The van der Waals surface area contributed by atoms with E-state index < -0.39 is 0 Å². The molecule has 1 aliphatic heterocycles. The first-order valence-electron chi connectivity index (χ1n) is 6.92. The van der Waals surface area contributed by atoms with Gasteiger partial charge in [0.15, 0.2) is 0 Å². The van der Waals surface area contributed by atoms with Crippen molar-refractivity contribution < 1.29 is 4.79 Å². The highest BCUT2D eigenvalue weighted by atomic mass is 32.1. The monoisotopic (exact) mass is 280 g/mol. The van der Waals surface area contributed by atoms with E-state index in [9.17, 15) is 4.79 Å². The topological polar surface area (TPSA) is 62.5 Å². The number of nitrogens with two attached hydrogens (primary N) is 1. The van der Waals surface area contributed by atoms with Gasteiger partial charge in [-0.25, -0.2) is 4.98 Å². The largest absolute Gasteiger partial charge is 0.335 e. The minimum absolute atomic E-state index is 0.0574. The van der Waals surface area contributed by atoms with E-state index in [2.05, 4.69) is 9.88 Å². The number of carbonyl (C=O) groups is 1. The predicted molar refractivity (Wildman–Crippen MR) is 75.1 cm³/mol. The van der Waals surface area contributed by atoms with Gasteiger partial charge in [-0.3, -0.25) is 9.69 Å². The molecule has 2 heterocycles. The van der Waals surface area contributed by atoms with E-state index in [0.29, 0.717) is 12.2 Å². The Morgan fingerprint density at radius 3 is 2.68 bits per heavy atom. The minimum Gasteiger partial charge on any atom is -0.335 e. The molecule has 0 atom stereocenters. The number of hydrogen-bond donors (Lipinski definition) is 1. The highest BCUT2D eigenvalue weighted by molar-refractivity contribution is 7.09. The van der Waals surface area contributed by atoms with Gasteiger partial charge in [-0.05, 0) is 18.8 Å². The first-order valence-corrected chi connectivity index (χ1v) is 7.80. The van der Waals surface area contributed by atoms with Crippen LogP contribution in [0.25, 0.3) is 0 Å². The van der Waals surface area contributed by atoms with E-state index in [1.165, 1.54) is 30.7 Å². The number of hydrogen-bond acceptors (Lipinski definition) is 5. The summed E-state index contributed by atoms with van der Waals surface area (Å²) in [7, 11) is 0. The molecule has 0 radical (unpaired) electrons. The summed E-state index contributed by atoms with van der Waals surface area (Å²) < 4.78 is 0. The van der Waals surface area contributed by atoms with Gasteiger partial charge in [0.25, 0.3) is 5.91 Å². The van der Waals surface area contributed by atoms with E-state index in [-0.39, 0.29) is 5.91 Å². The van der Waals surface area contributed by atoms with E-state index >= 15 is 0 Å². The first-order chi connectivity index (χ1) is 9.26. The molecule has 19 heavy (non-hydrogen) atoms. The van der Waals surface area contributed by atoms with Gasteiger partial charge in [-0.1, -0.05) is 0 Å².